The van der Waals surface area contributed by atoms with Gasteiger partial charge in [-0.05, 0) is 42.2 Å². The Morgan fingerprint density at radius 3 is 2.57 bits per heavy atom. The minimum absolute atomic E-state index is 0.195. The molecule has 5 nitrogen and oxygen atoms in total. The summed E-state index contributed by atoms with van der Waals surface area (Å²) < 4.78 is 3.23. The Morgan fingerprint density at radius 1 is 1.18 bits per heavy atom. The SMILES string of the molecule is Cc1cccc2c1C(Cn1c(=O)n([C@H](C(=O)O)C(C)C)c3ccccc31)CS2. The summed E-state index contributed by atoms with van der Waals surface area (Å²) in [7, 11) is 0. The Kier molecular flexibility index (Phi) is 4.83. The summed E-state index contributed by atoms with van der Waals surface area (Å²) in [5, 5.41) is 9.77. The van der Waals surface area contributed by atoms with Gasteiger partial charge in [-0.15, -0.1) is 11.8 Å². The first-order valence-corrected chi connectivity index (χ1v) is 10.5. The standard InChI is InChI=1S/C22H24N2O3S/c1-13(2)20(21(25)26)24-17-9-5-4-8-16(17)23(22(24)27)11-15-12-28-18-10-6-7-14(3)19(15)18/h4-10,13,15,20H,11-12H2,1-3H3,(H,25,26)/t15?,20-/m0/s1. The summed E-state index contributed by atoms with van der Waals surface area (Å²) in [4.78, 5) is 26.6. The fourth-order valence-corrected chi connectivity index (χ4v) is 5.62. The maximum absolute atomic E-state index is 13.4. The fraction of sp³-hybridized carbons (Fsp3) is 0.364. The third-order valence-electron chi connectivity index (χ3n) is 5.57. The van der Waals surface area contributed by atoms with E-state index in [1.54, 1.807) is 4.57 Å². The van der Waals surface area contributed by atoms with Crippen LogP contribution in [0.15, 0.2) is 52.2 Å². The Hall–Kier alpha value is -2.47. The zero-order valence-electron chi connectivity index (χ0n) is 16.3. The van der Waals surface area contributed by atoms with Gasteiger partial charge in [-0.25, -0.2) is 9.59 Å². The van der Waals surface area contributed by atoms with Crippen molar-refractivity contribution >= 4 is 28.8 Å². The highest BCUT2D eigenvalue weighted by molar-refractivity contribution is 7.99. The van der Waals surface area contributed by atoms with E-state index < -0.39 is 12.0 Å². The van der Waals surface area contributed by atoms with Crippen LogP contribution >= 0.6 is 11.8 Å². The molecule has 0 saturated carbocycles. The Labute approximate surface area is 168 Å². The molecule has 1 N–H and O–H groups in total. The molecule has 3 aromatic rings. The highest BCUT2D eigenvalue weighted by Crippen LogP contribution is 2.42. The molecule has 1 unspecified atom stereocenters. The number of rotatable bonds is 5. The first kappa shape index (κ1) is 18.9. The van der Waals surface area contributed by atoms with E-state index in [-0.39, 0.29) is 17.5 Å². The molecular weight excluding hydrogens is 372 g/mol. The van der Waals surface area contributed by atoms with Crippen LogP contribution in [0.3, 0.4) is 0 Å². The molecule has 2 heterocycles. The van der Waals surface area contributed by atoms with Crippen molar-refractivity contribution < 1.29 is 9.90 Å². The molecule has 0 amide bonds. The molecule has 0 radical (unpaired) electrons. The van der Waals surface area contributed by atoms with Gasteiger partial charge in [-0.2, -0.15) is 0 Å². The van der Waals surface area contributed by atoms with Gasteiger partial charge in [-0.3, -0.25) is 9.13 Å². The maximum atomic E-state index is 13.4. The molecule has 0 bridgehead atoms. The van der Waals surface area contributed by atoms with Crippen LogP contribution in [0.2, 0.25) is 0 Å². The number of carbonyl (C=O) groups is 1. The molecule has 2 aromatic carbocycles. The number of para-hydroxylation sites is 2. The third-order valence-corrected chi connectivity index (χ3v) is 6.80. The number of benzene rings is 2. The van der Waals surface area contributed by atoms with Crippen molar-refractivity contribution in [1.82, 2.24) is 9.13 Å². The molecule has 28 heavy (non-hydrogen) atoms. The molecule has 0 aliphatic carbocycles. The summed E-state index contributed by atoms with van der Waals surface area (Å²) in [5.74, 6) is -0.00357. The van der Waals surface area contributed by atoms with Crippen LogP contribution < -0.4 is 5.69 Å². The number of carboxylic acids is 1. The van der Waals surface area contributed by atoms with Gasteiger partial charge in [0.25, 0.3) is 0 Å². The van der Waals surface area contributed by atoms with Crippen LogP contribution in [-0.2, 0) is 11.3 Å². The Bertz CT molecular complexity index is 1110. The fourth-order valence-electron chi connectivity index (χ4n) is 4.31. The zero-order valence-corrected chi connectivity index (χ0v) is 17.1. The van der Waals surface area contributed by atoms with E-state index in [4.69, 9.17) is 0 Å². The molecular formula is C22H24N2O3S. The number of carboxylic acid groups (broad SMARTS) is 1. The van der Waals surface area contributed by atoms with Crippen LogP contribution in [0.1, 0.15) is 36.9 Å². The summed E-state index contributed by atoms with van der Waals surface area (Å²) in [6.07, 6.45) is 0. The number of aryl methyl sites for hydroxylation is 1. The van der Waals surface area contributed by atoms with Crippen LogP contribution in [0.25, 0.3) is 11.0 Å². The number of aliphatic carboxylic acids is 1. The lowest BCUT2D eigenvalue weighted by Gasteiger charge is -2.18. The topological polar surface area (TPSA) is 64.2 Å². The van der Waals surface area contributed by atoms with E-state index in [0.717, 1.165) is 11.3 Å². The van der Waals surface area contributed by atoms with E-state index in [9.17, 15) is 14.7 Å². The smallest absolute Gasteiger partial charge is 0.329 e. The monoisotopic (exact) mass is 396 g/mol. The lowest BCUT2D eigenvalue weighted by Crippen LogP contribution is -2.34. The van der Waals surface area contributed by atoms with Crippen molar-refractivity contribution in [2.75, 3.05) is 5.75 Å². The van der Waals surface area contributed by atoms with Crippen LogP contribution in [-0.4, -0.2) is 26.0 Å². The lowest BCUT2D eigenvalue weighted by molar-refractivity contribution is -0.142. The van der Waals surface area contributed by atoms with Crippen molar-refractivity contribution in [3.05, 3.63) is 64.1 Å². The quantitative estimate of drug-likeness (QED) is 0.699. The van der Waals surface area contributed by atoms with Gasteiger partial charge in [0.15, 0.2) is 0 Å². The molecule has 2 atom stereocenters. The summed E-state index contributed by atoms with van der Waals surface area (Å²) in [6, 6.07) is 12.9. The molecule has 1 aliphatic rings. The number of hydrogen-bond donors (Lipinski definition) is 1. The summed E-state index contributed by atoms with van der Waals surface area (Å²) in [6.45, 7) is 6.35. The van der Waals surface area contributed by atoms with Crippen LogP contribution in [0.4, 0.5) is 0 Å². The van der Waals surface area contributed by atoms with Crippen LogP contribution in [0.5, 0.6) is 0 Å². The largest absolute Gasteiger partial charge is 0.480 e. The van der Waals surface area contributed by atoms with Crippen molar-refractivity contribution in [2.45, 2.75) is 44.2 Å². The molecule has 4 rings (SSSR count). The Morgan fingerprint density at radius 2 is 1.89 bits per heavy atom. The van der Waals surface area contributed by atoms with Crippen molar-refractivity contribution in [3.8, 4) is 0 Å². The number of thioether (sulfide) groups is 1. The maximum Gasteiger partial charge on any atom is 0.329 e. The van der Waals surface area contributed by atoms with E-state index >= 15 is 0 Å². The van der Waals surface area contributed by atoms with Gasteiger partial charge in [-0.1, -0.05) is 38.1 Å². The molecule has 1 aromatic heterocycles. The van der Waals surface area contributed by atoms with Crippen molar-refractivity contribution in [3.63, 3.8) is 0 Å². The van der Waals surface area contributed by atoms with Crippen LogP contribution in [0, 0.1) is 12.8 Å². The number of fused-ring (bicyclic) bond motifs is 2. The summed E-state index contributed by atoms with van der Waals surface area (Å²) >= 11 is 1.83. The lowest BCUT2D eigenvalue weighted by atomic mass is 9.96. The number of imidazole rings is 1. The molecule has 0 fully saturated rings. The summed E-state index contributed by atoms with van der Waals surface area (Å²) in [5.41, 5.74) is 3.80. The molecule has 0 spiro atoms. The van der Waals surface area contributed by atoms with Gasteiger partial charge in [0, 0.05) is 23.1 Å². The first-order chi connectivity index (χ1) is 13.4. The van der Waals surface area contributed by atoms with E-state index in [1.165, 1.54) is 20.6 Å². The van der Waals surface area contributed by atoms with Crippen molar-refractivity contribution in [1.29, 1.82) is 0 Å². The predicted molar refractivity (Wildman–Crippen MR) is 112 cm³/mol. The zero-order chi connectivity index (χ0) is 20.0. The third kappa shape index (κ3) is 2.96. The van der Waals surface area contributed by atoms with Gasteiger partial charge in [0.05, 0.1) is 11.0 Å². The Balaban J connectivity index is 1.85. The number of aromatic nitrogens is 2. The highest BCUT2D eigenvalue weighted by Gasteiger charge is 2.31. The van der Waals surface area contributed by atoms with E-state index in [2.05, 4.69) is 25.1 Å². The predicted octanol–water partition coefficient (Wildman–Crippen LogP) is 4.28. The minimum atomic E-state index is -0.974. The molecule has 1 aliphatic heterocycles. The first-order valence-electron chi connectivity index (χ1n) is 9.55. The second-order valence-electron chi connectivity index (χ2n) is 7.77. The van der Waals surface area contributed by atoms with Gasteiger partial charge < -0.3 is 5.11 Å². The molecule has 0 saturated heterocycles. The normalized spacial score (nSPS) is 17.2. The van der Waals surface area contributed by atoms with Gasteiger partial charge in [0.1, 0.15) is 6.04 Å². The second kappa shape index (κ2) is 7.17. The van der Waals surface area contributed by atoms with Gasteiger partial charge in [0.2, 0.25) is 0 Å². The highest BCUT2D eigenvalue weighted by atomic mass is 32.2. The molecule has 6 heteroatoms. The number of hydrogen-bond acceptors (Lipinski definition) is 3. The molecule has 146 valence electrons. The average molecular weight is 397 g/mol. The minimum Gasteiger partial charge on any atom is -0.480 e. The van der Waals surface area contributed by atoms with E-state index in [1.807, 2.05) is 49.9 Å². The average Bonchev–Trinajstić information content (AvgIpc) is 3.17. The van der Waals surface area contributed by atoms with E-state index in [0.29, 0.717) is 12.1 Å². The van der Waals surface area contributed by atoms with Gasteiger partial charge >= 0.3 is 11.7 Å². The van der Waals surface area contributed by atoms with Crippen molar-refractivity contribution in [2.24, 2.45) is 5.92 Å². The number of nitrogens with zero attached hydrogens (tertiary/aromatic N) is 2. The second-order valence-corrected chi connectivity index (χ2v) is 8.84.